The molecule has 9 nitrogen and oxygen atoms in total. The summed E-state index contributed by atoms with van der Waals surface area (Å²) in [4.78, 5) is 40.0. The van der Waals surface area contributed by atoms with Crippen molar-refractivity contribution >= 4 is 34.5 Å². The fourth-order valence-electron chi connectivity index (χ4n) is 3.03. The van der Waals surface area contributed by atoms with Crippen LogP contribution in [0, 0.1) is 0 Å². The van der Waals surface area contributed by atoms with Gasteiger partial charge < -0.3 is 20.9 Å². The zero-order chi connectivity index (χ0) is 21.8. The zero-order valence-corrected chi connectivity index (χ0v) is 17.0. The summed E-state index contributed by atoms with van der Waals surface area (Å²) in [5.41, 5.74) is 4.67. The number of nitrogens with zero attached hydrogens (tertiary/aromatic N) is 3. The lowest BCUT2D eigenvalue weighted by Gasteiger charge is -2.10. The Bertz CT molecular complexity index is 1210. The van der Waals surface area contributed by atoms with Crippen LogP contribution >= 0.6 is 0 Å². The predicted octanol–water partition coefficient (Wildman–Crippen LogP) is 3.80. The number of rotatable bonds is 5. The monoisotopic (exact) mass is 415 g/mol. The highest BCUT2D eigenvalue weighted by molar-refractivity contribution is 6.00. The number of fused-ring (bicyclic) bond motifs is 1. The van der Waals surface area contributed by atoms with Crippen LogP contribution in [0.5, 0.6) is 0 Å². The molecule has 0 bridgehead atoms. The van der Waals surface area contributed by atoms with E-state index in [0.29, 0.717) is 33.8 Å². The quantitative estimate of drug-likeness (QED) is 0.395. The molecule has 2 aromatic carbocycles. The van der Waals surface area contributed by atoms with Crippen molar-refractivity contribution < 1.29 is 9.59 Å². The van der Waals surface area contributed by atoms with Gasteiger partial charge in [-0.05, 0) is 50.2 Å². The Morgan fingerprint density at radius 2 is 1.52 bits per heavy atom. The predicted molar refractivity (Wildman–Crippen MR) is 119 cm³/mol. The number of hydrogen-bond acceptors (Lipinski definition) is 5. The second-order valence-corrected chi connectivity index (χ2v) is 7.18. The van der Waals surface area contributed by atoms with E-state index >= 15 is 0 Å². The smallest absolute Gasteiger partial charge is 0.323 e. The maximum Gasteiger partial charge on any atom is 0.323 e. The van der Waals surface area contributed by atoms with Gasteiger partial charge in [-0.2, -0.15) is 0 Å². The van der Waals surface area contributed by atoms with Gasteiger partial charge in [0.2, 0.25) is 0 Å². The first-order chi connectivity index (χ1) is 15.0. The first-order valence-electron chi connectivity index (χ1n) is 9.73. The van der Waals surface area contributed by atoms with Crippen molar-refractivity contribution in [2.24, 2.45) is 0 Å². The molecule has 4 N–H and O–H groups in total. The van der Waals surface area contributed by atoms with Crippen molar-refractivity contribution in [3.05, 3.63) is 66.7 Å². The molecular formula is C22H21N7O2. The Morgan fingerprint density at radius 3 is 2.16 bits per heavy atom. The van der Waals surface area contributed by atoms with Crippen molar-refractivity contribution in [3.8, 4) is 11.3 Å². The Hall–Kier alpha value is -4.27. The van der Waals surface area contributed by atoms with E-state index in [1.165, 1.54) is 6.33 Å². The van der Waals surface area contributed by atoms with E-state index in [1.807, 2.05) is 26.0 Å². The Kier molecular flexibility index (Phi) is 5.57. The molecule has 2 heterocycles. The van der Waals surface area contributed by atoms with Gasteiger partial charge in [0.25, 0.3) is 5.91 Å². The number of aromatic nitrogens is 4. The largest absolute Gasteiger partial charge is 0.350 e. The number of nitrogens with one attached hydrogen (secondary N) is 4. The second kappa shape index (κ2) is 8.62. The van der Waals surface area contributed by atoms with E-state index in [4.69, 9.17) is 0 Å². The molecule has 0 atom stereocenters. The number of aromatic amines is 1. The van der Waals surface area contributed by atoms with Crippen LogP contribution in [0.2, 0.25) is 0 Å². The topological polar surface area (TPSA) is 125 Å². The summed E-state index contributed by atoms with van der Waals surface area (Å²) in [6.45, 7) is 3.80. The summed E-state index contributed by atoms with van der Waals surface area (Å²) in [7, 11) is 0. The van der Waals surface area contributed by atoms with Crippen LogP contribution in [-0.4, -0.2) is 37.9 Å². The number of carbonyl (C=O) groups excluding carboxylic acids is 2. The van der Waals surface area contributed by atoms with Gasteiger partial charge in [-0.1, -0.05) is 12.1 Å². The number of imidazole rings is 1. The molecule has 4 aromatic rings. The molecule has 3 amide bonds. The zero-order valence-electron chi connectivity index (χ0n) is 17.0. The van der Waals surface area contributed by atoms with Crippen molar-refractivity contribution in [1.29, 1.82) is 0 Å². The molecule has 0 aliphatic rings. The molecule has 9 heteroatoms. The molecule has 4 rings (SSSR count). The maximum atomic E-state index is 12.3. The minimum Gasteiger partial charge on any atom is -0.350 e. The van der Waals surface area contributed by atoms with E-state index in [-0.39, 0.29) is 18.0 Å². The van der Waals surface area contributed by atoms with Crippen LogP contribution in [0.15, 0.2) is 61.2 Å². The van der Waals surface area contributed by atoms with E-state index in [9.17, 15) is 9.59 Å². The molecule has 0 spiro atoms. The number of amides is 3. The van der Waals surface area contributed by atoms with Gasteiger partial charge in [-0.25, -0.2) is 19.7 Å². The first-order valence-corrected chi connectivity index (χ1v) is 9.73. The van der Waals surface area contributed by atoms with Crippen LogP contribution < -0.4 is 16.0 Å². The normalized spacial score (nSPS) is 10.8. The molecule has 31 heavy (non-hydrogen) atoms. The minimum absolute atomic E-state index is 0.0575. The SMILES string of the molecule is CC(C)NC(=O)c1ccc(NC(=O)Nc2ccc(-c3ncnc4[nH]cnc34)cc2)cc1. The summed E-state index contributed by atoms with van der Waals surface area (Å²) in [6, 6.07) is 13.7. The lowest BCUT2D eigenvalue weighted by atomic mass is 10.1. The molecule has 0 radical (unpaired) electrons. The van der Waals surface area contributed by atoms with E-state index in [2.05, 4.69) is 35.9 Å². The van der Waals surface area contributed by atoms with E-state index in [1.54, 1.807) is 42.7 Å². The summed E-state index contributed by atoms with van der Waals surface area (Å²) < 4.78 is 0. The number of carbonyl (C=O) groups is 2. The van der Waals surface area contributed by atoms with Gasteiger partial charge >= 0.3 is 6.03 Å². The lowest BCUT2D eigenvalue weighted by molar-refractivity contribution is 0.0943. The van der Waals surface area contributed by atoms with Crippen LogP contribution in [0.4, 0.5) is 16.2 Å². The molecule has 156 valence electrons. The molecule has 0 saturated carbocycles. The van der Waals surface area contributed by atoms with E-state index in [0.717, 1.165) is 5.56 Å². The molecule has 0 fully saturated rings. The standard InChI is InChI=1S/C22H21N7O2/c1-13(2)27-21(30)15-5-9-17(10-6-15)29-22(31)28-16-7-3-14(4-8-16)18-19-20(25-11-23-18)26-12-24-19/h3-13H,1-2H3,(H,27,30)(H2,28,29,31)(H,23,24,25,26). The van der Waals surface area contributed by atoms with Gasteiger partial charge in [0.1, 0.15) is 17.5 Å². The van der Waals surface area contributed by atoms with Gasteiger partial charge in [0, 0.05) is 28.5 Å². The highest BCUT2D eigenvalue weighted by Gasteiger charge is 2.10. The maximum absolute atomic E-state index is 12.3. The van der Waals surface area contributed by atoms with Gasteiger partial charge in [-0.15, -0.1) is 0 Å². The molecule has 0 unspecified atom stereocenters. The van der Waals surface area contributed by atoms with Gasteiger partial charge in [0.15, 0.2) is 5.65 Å². The minimum atomic E-state index is -0.385. The average Bonchev–Trinajstić information content (AvgIpc) is 3.23. The van der Waals surface area contributed by atoms with Crippen LogP contribution in [-0.2, 0) is 0 Å². The van der Waals surface area contributed by atoms with Crippen LogP contribution in [0.1, 0.15) is 24.2 Å². The molecule has 2 aromatic heterocycles. The summed E-state index contributed by atoms with van der Waals surface area (Å²) >= 11 is 0. The third-order valence-corrected chi connectivity index (χ3v) is 4.46. The number of benzene rings is 2. The molecular weight excluding hydrogens is 394 g/mol. The second-order valence-electron chi connectivity index (χ2n) is 7.18. The van der Waals surface area contributed by atoms with Crippen LogP contribution in [0.3, 0.4) is 0 Å². The van der Waals surface area contributed by atoms with Crippen LogP contribution in [0.25, 0.3) is 22.4 Å². The highest BCUT2D eigenvalue weighted by Crippen LogP contribution is 2.24. The molecule has 0 saturated heterocycles. The summed E-state index contributed by atoms with van der Waals surface area (Å²) in [5.74, 6) is -0.151. The van der Waals surface area contributed by atoms with Crippen molar-refractivity contribution in [1.82, 2.24) is 25.3 Å². The average molecular weight is 415 g/mol. The number of hydrogen-bond donors (Lipinski definition) is 4. The van der Waals surface area contributed by atoms with Gasteiger partial charge in [-0.3, -0.25) is 4.79 Å². The number of H-pyrrole nitrogens is 1. The fourth-order valence-corrected chi connectivity index (χ4v) is 3.03. The fraction of sp³-hybridized carbons (Fsp3) is 0.136. The summed E-state index contributed by atoms with van der Waals surface area (Å²) in [6.07, 6.45) is 3.06. The number of anilines is 2. The molecule has 0 aliphatic carbocycles. The first kappa shape index (κ1) is 20.0. The third kappa shape index (κ3) is 4.67. The van der Waals surface area contributed by atoms with Crippen molar-refractivity contribution in [3.63, 3.8) is 0 Å². The Labute approximate surface area is 178 Å². The molecule has 0 aliphatic heterocycles. The Morgan fingerprint density at radius 1 is 0.871 bits per heavy atom. The number of urea groups is 1. The Balaban J connectivity index is 1.39. The van der Waals surface area contributed by atoms with Gasteiger partial charge in [0.05, 0.1) is 6.33 Å². The van der Waals surface area contributed by atoms with Crippen molar-refractivity contribution in [2.75, 3.05) is 10.6 Å². The lowest BCUT2D eigenvalue weighted by Crippen LogP contribution is -2.30. The third-order valence-electron chi connectivity index (χ3n) is 4.46. The van der Waals surface area contributed by atoms with E-state index < -0.39 is 0 Å². The highest BCUT2D eigenvalue weighted by atomic mass is 16.2. The summed E-state index contributed by atoms with van der Waals surface area (Å²) in [5, 5.41) is 8.35. The van der Waals surface area contributed by atoms with Crippen molar-refractivity contribution in [2.45, 2.75) is 19.9 Å².